The minimum absolute atomic E-state index is 0.340. The number of aliphatic hydroxyl groups excluding tert-OH is 1. The van der Waals surface area contributed by atoms with Crippen LogP contribution in [0.15, 0.2) is 48.8 Å². The third-order valence-corrected chi connectivity index (χ3v) is 2.76. The Labute approximate surface area is 111 Å². The van der Waals surface area contributed by atoms with E-state index in [0.29, 0.717) is 6.54 Å². The smallest absolute Gasteiger partial charge is 0.312 e. The van der Waals surface area contributed by atoms with Crippen molar-refractivity contribution in [2.45, 2.75) is 12.6 Å². The Balaban J connectivity index is 2.16. The lowest BCUT2D eigenvalue weighted by Crippen LogP contribution is -2.28. The molecule has 1 aromatic heterocycles. The largest absolute Gasteiger partial charge is 0.384 e. The molecule has 98 valence electrons. The molecule has 1 heterocycles. The van der Waals surface area contributed by atoms with E-state index in [1.54, 1.807) is 24.5 Å². The van der Waals surface area contributed by atoms with E-state index in [-0.39, 0.29) is 0 Å². The van der Waals surface area contributed by atoms with Gasteiger partial charge in [-0.15, -0.1) is 0 Å². The number of nitrogens with zero attached hydrogens (tertiary/aromatic N) is 1. The van der Waals surface area contributed by atoms with E-state index in [0.717, 1.165) is 16.7 Å². The van der Waals surface area contributed by atoms with E-state index in [4.69, 9.17) is 5.73 Å². The summed E-state index contributed by atoms with van der Waals surface area (Å²) < 4.78 is 0. The van der Waals surface area contributed by atoms with Crippen molar-refractivity contribution in [3.05, 3.63) is 65.5 Å². The van der Waals surface area contributed by atoms with Crippen LogP contribution >= 0.6 is 0 Å². The van der Waals surface area contributed by atoms with Crippen LogP contribution in [0.4, 0.5) is 4.79 Å². The lowest BCUT2D eigenvalue weighted by molar-refractivity contribution is 0.220. The molecule has 4 N–H and O–H groups in total. The van der Waals surface area contributed by atoms with Crippen LogP contribution in [0.2, 0.25) is 0 Å². The Hall–Kier alpha value is -2.40. The second-order valence-corrected chi connectivity index (χ2v) is 4.15. The van der Waals surface area contributed by atoms with Crippen LogP contribution in [0.1, 0.15) is 22.8 Å². The van der Waals surface area contributed by atoms with Crippen LogP contribution in [0.3, 0.4) is 0 Å². The topological polar surface area (TPSA) is 88.2 Å². The highest BCUT2D eigenvalue weighted by molar-refractivity contribution is 5.71. The molecule has 0 saturated carbocycles. The van der Waals surface area contributed by atoms with Gasteiger partial charge in [-0.25, -0.2) is 4.79 Å². The van der Waals surface area contributed by atoms with Crippen LogP contribution in [0.25, 0.3) is 0 Å². The first-order chi connectivity index (χ1) is 9.16. The molecule has 5 nitrogen and oxygen atoms in total. The van der Waals surface area contributed by atoms with Crippen LogP contribution in [-0.4, -0.2) is 16.1 Å². The number of pyridine rings is 1. The second kappa shape index (κ2) is 5.97. The number of aliphatic hydroxyl groups is 1. The van der Waals surface area contributed by atoms with Crippen LogP contribution < -0.4 is 11.1 Å². The molecule has 0 aliphatic heterocycles. The van der Waals surface area contributed by atoms with Crippen molar-refractivity contribution in [1.29, 1.82) is 0 Å². The number of primary amides is 1. The van der Waals surface area contributed by atoms with Gasteiger partial charge in [0, 0.05) is 18.9 Å². The lowest BCUT2D eigenvalue weighted by atomic mass is 10.0. The fourth-order valence-electron chi connectivity index (χ4n) is 1.80. The van der Waals surface area contributed by atoms with Gasteiger partial charge in [-0.05, 0) is 28.8 Å². The highest BCUT2D eigenvalue weighted by Gasteiger charge is 2.10. The molecular formula is C14H15N3O2. The second-order valence-electron chi connectivity index (χ2n) is 4.15. The SMILES string of the molecule is NC(=O)NCc1cccc(C(O)c2ccncc2)c1. The van der Waals surface area contributed by atoms with Gasteiger partial charge in [0.05, 0.1) is 0 Å². The zero-order chi connectivity index (χ0) is 13.7. The molecule has 0 aliphatic rings. The molecule has 5 heteroatoms. The highest BCUT2D eigenvalue weighted by Crippen LogP contribution is 2.21. The monoisotopic (exact) mass is 257 g/mol. The number of aromatic nitrogens is 1. The van der Waals surface area contributed by atoms with Crippen molar-refractivity contribution in [1.82, 2.24) is 10.3 Å². The number of carbonyl (C=O) groups is 1. The van der Waals surface area contributed by atoms with Crippen LogP contribution in [-0.2, 0) is 6.54 Å². The van der Waals surface area contributed by atoms with E-state index < -0.39 is 12.1 Å². The number of urea groups is 1. The standard InChI is InChI=1S/C14H15N3O2/c15-14(19)17-9-10-2-1-3-12(8-10)13(18)11-4-6-16-7-5-11/h1-8,13,18H,9H2,(H3,15,17,19). The highest BCUT2D eigenvalue weighted by atomic mass is 16.3. The Morgan fingerprint density at radius 2 is 2.00 bits per heavy atom. The zero-order valence-electron chi connectivity index (χ0n) is 10.3. The van der Waals surface area contributed by atoms with Crippen molar-refractivity contribution in [3.8, 4) is 0 Å². The molecule has 0 saturated heterocycles. The fraction of sp³-hybridized carbons (Fsp3) is 0.143. The van der Waals surface area contributed by atoms with Gasteiger partial charge in [0.15, 0.2) is 0 Å². The maximum atomic E-state index is 10.7. The van der Waals surface area contributed by atoms with Gasteiger partial charge >= 0.3 is 6.03 Å². The summed E-state index contributed by atoms with van der Waals surface area (Å²) >= 11 is 0. The number of benzene rings is 1. The van der Waals surface area contributed by atoms with Gasteiger partial charge in [-0.3, -0.25) is 4.98 Å². The average molecular weight is 257 g/mol. The molecule has 2 aromatic rings. The van der Waals surface area contributed by atoms with E-state index in [2.05, 4.69) is 10.3 Å². The lowest BCUT2D eigenvalue weighted by Gasteiger charge is -2.12. The Kier molecular flexibility index (Phi) is 4.10. The molecule has 0 bridgehead atoms. The van der Waals surface area contributed by atoms with E-state index in [1.807, 2.05) is 24.3 Å². The first kappa shape index (κ1) is 13.0. The summed E-state index contributed by atoms with van der Waals surface area (Å²) in [6.45, 7) is 0.340. The first-order valence-electron chi connectivity index (χ1n) is 5.87. The molecule has 1 aromatic carbocycles. The maximum absolute atomic E-state index is 10.7. The first-order valence-corrected chi connectivity index (χ1v) is 5.87. The summed E-state index contributed by atoms with van der Waals surface area (Å²) in [4.78, 5) is 14.6. The molecule has 19 heavy (non-hydrogen) atoms. The Morgan fingerprint density at radius 3 is 2.68 bits per heavy atom. The third-order valence-electron chi connectivity index (χ3n) is 2.76. The van der Waals surface area contributed by atoms with Gasteiger partial charge in [0.1, 0.15) is 6.10 Å². The van der Waals surface area contributed by atoms with Gasteiger partial charge in [0.2, 0.25) is 0 Å². The van der Waals surface area contributed by atoms with Crippen molar-refractivity contribution in [2.75, 3.05) is 0 Å². The van der Waals surface area contributed by atoms with Crippen molar-refractivity contribution >= 4 is 6.03 Å². The van der Waals surface area contributed by atoms with E-state index in [1.165, 1.54) is 0 Å². The quantitative estimate of drug-likeness (QED) is 0.772. The van der Waals surface area contributed by atoms with Gasteiger partial charge in [-0.1, -0.05) is 24.3 Å². The molecule has 2 rings (SSSR count). The average Bonchev–Trinajstić information content (AvgIpc) is 2.45. The summed E-state index contributed by atoms with van der Waals surface area (Å²) in [6, 6.07) is 10.3. The predicted octanol–water partition coefficient (Wildman–Crippen LogP) is 1.33. The number of nitrogens with one attached hydrogen (secondary N) is 1. The number of nitrogens with two attached hydrogens (primary N) is 1. The van der Waals surface area contributed by atoms with E-state index in [9.17, 15) is 9.90 Å². The summed E-state index contributed by atoms with van der Waals surface area (Å²) in [5, 5.41) is 12.8. The van der Waals surface area contributed by atoms with Crippen molar-refractivity contribution in [2.24, 2.45) is 5.73 Å². The maximum Gasteiger partial charge on any atom is 0.312 e. The number of amides is 2. The number of rotatable bonds is 4. The van der Waals surface area contributed by atoms with Crippen molar-refractivity contribution in [3.63, 3.8) is 0 Å². The Morgan fingerprint density at radius 1 is 1.26 bits per heavy atom. The fourth-order valence-corrected chi connectivity index (χ4v) is 1.80. The van der Waals surface area contributed by atoms with Crippen LogP contribution in [0, 0.1) is 0 Å². The normalized spacial score (nSPS) is 11.8. The number of hydrogen-bond donors (Lipinski definition) is 3. The third kappa shape index (κ3) is 3.53. The van der Waals surface area contributed by atoms with Crippen molar-refractivity contribution < 1.29 is 9.90 Å². The molecule has 0 fully saturated rings. The summed E-state index contributed by atoms with van der Waals surface area (Å²) in [7, 11) is 0. The molecule has 0 radical (unpaired) electrons. The van der Waals surface area contributed by atoms with Gasteiger partial charge in [-0.2, -0.15) is 0 Å². The summed E-state index contributed by atoms with van der Waals surface area (Å²) in [5.41, 5.74) is 7.43. The van der Waals surface area contributed by atoms with E-state index >= 15 is 0 Å². The number of hydrogen-bond acceptors (Lipinski definition) is 3. The predicted molar refractivity (Wildman–Crippen MR) is 71.2 cm³/mol. The molecular weight excluding hydrogens is 242 g/mol. The van der Waals surface area contributed by atoms with Crippen LogP contribution in [0.5, 0.6) is 0 Å². The number of carbonyl (C=O) groups excluding carboxylic acids is 1. The summed E-state index contributed by atoms with van der Waals surface area (Å²) in [5.74, 6) is 0. The molecule has 1 atom stereocenters. The molecule has 2 amide bonds. The van der Waals surface area contributed by atoms with Gasteiger partial charge < -0.3 is 16.2 Å². The molecule has 1 unspecified atom stereocenters. The minimum Gasteiger partial charge on any atom is -0.384 e. The van der Waals surface area contributed by atoms with Gasteiger partial charge in [0.25, 0.3) is 0 Å². The Bertz CT molecular complexity index is 558. The molecule has 0 spiro atoms. The zero-order valence-corrected chi connectivity index (χ0v) is 10.3. The minimum atomic E-state index is -0.712. The molecule has 0 aliphatic carbocycles. The summed E-state index contributed by atoms with van der Waals surface area (Å²) in [6.07, 6.45) is 2.56.